The number of ketones is 1. The molecular weight excluding hydrogens is 175 g/mol. The number of halogens is 1. The van der Waals surface area contributed by atoms with E-state index in [4.69, 9.17) is 4.55 Å². The maximum atomic E-state index is 12.7. The van der Waals surface area contributed by atoms with Crippen LogP contribution >= 0.6 is 0 Å². The molecule has 0 saturated heterocycles. The summed E-state index contributed by atoms with van der Waals surface area (Å²) < 4.78 is 41.2. The van der Waals surface area contributed by atoms with Gasteiger partial charge in [-0.25, -0.2) is 4.39 Å². The molecule has 0 aliphatic rings. The Hall–Kier alpha value is -0.750. The van der Waals surface area contributed by atoms with E-state index in [0.29, 0.717) is 13.0 Å². The Balaban J connectivity index is 5.06. The first-order valence-electron chi connectivity index (χ1n) is 2.56. The molecule has 0 aromatic carbocycles. The molecule has 0 saturated carbocycles. The zero-order valence-electron chi connectivity index (χ0n) is 5.74. The normalized spacial score (nSPS) is 17.0. The van der Waals surface area contributed by atoms with Crippen molar-refractivity contribution in [2.45, 2.75) is 11.9 Å². The summed E-state index contributed by atoms with van der Waals surface area (Å²) in [6.45, 7) is 3.33. The maximum absolute atomic E-state index is 12.7. The molecule has 11 heavy (non-hydrogen) atoms. The second-order valence-electron chi connectivity index (χ2n) is 1.96. The lowest BCUT2D eigenvalue weighted by Crippen LogP contribution is -2.37. The van der Waals surface area contributed by atoms with Crippen LogP contribution in [0.4, 0.5) is 4.39 Å². The average molecular weight is 182 g/mol. The van der Waals surface area contributed by atoms with Crippen LogP contribution in [0.3, 0.4) is 0 Å². The first-order valence-corrected chi connectivity index (χ1v) is 4.00. The van der Waals surface area contributed by atoms with Crippen LogP contribution in [-0.2, 0) is 14.9 Å². The van der Waals surface area contributed by atoms with E-state index < -0.39 is 20.9 Å². The van der Waals surface area contributed by atoms with Crippen LogP contribution in [0.25, 0.3) is 0 Å². The zero-order chi connectivity index (χ0) is 9.28. The van der Waals surface area contributed by atoms with Crippen LogP contribution in [0.5, 0.6) is 0 Å². The summed E-state index contributed by atoms with van der Waals surface area (Å²) in [7, 11) is -5.00. The van der Waals surface area contributed by atoms with Gasteiger partial charge in [-0.1, -0.05) is 6.58 Å². The lowest BCUT2D eigenvalue weighted by atomic mass is 10.3. The Kier molecular flexibility index (Phi) is 2.52. The van der Waals surface area contributed by atoms with E-state index in [1.54, 1.807) is 0 Å². The average Bonchev–Trinajstić information content (AvgIpc) is 1.83. The van der Waals surface area contributed by atoms with Crippen LogP contribution in [0, 0.1) is 0 Å². The number of carbonyl (C=O) groups excluding carboxylic acids is 1. The van der Waals surface area contributed by atoms with E-state index in [1.807, 2.05) is 0 Å². The molecule has 4 nitrogen and oxygen atoms in total. The van der Waals surface area contributed by atoms with Gasteiger partial charge in [0.15, 0.2) is 0 Å². The van der Waals surface area contributed by atoms with Gasteiger partial charge in [-0.2, -0.15) is 8.42 Å². The molecule has 0 radical (unpaired) electrons. The van der Waals surface area contributed by atoms with Crippen molar-refractivity contribution in [3.8, 4) is 0 Å². The molecule has 0 rings (SSSR count). The first kappa shape index (κ1) is 10.2. The van der Waals surface area contributed by atoms with Crippen molar-refractivity contribution in [3.63, 3.8) is 0 Å². The Morgan fingerprint density at radius 2 is 2.09 bits per heavy atom. The highest BCUT2D eigenvalue weighted by molar-refractivity contribution is 7.87. The summed E-state index contributed by atoms with van der Waals surface area (Å²) in [4.78, 5) is 10.4. The minimum Gasteiger partial charge on any atom is -0.290 e. The topological polar surface area (TPSA) is 71.4 Å². The van der Waals surface area contributed by atoms with Gasteiger partial charge in [0.25, 0.3) is 5.00 Å². The number of hydrogen-bond donors (Lipinski definition) is 1. The Morgan fingerprint density at radius 1 is 1.73 bits per heavy atom. The van der Waals surface area contributed by atoms with E-state index in [-0.39, 0.29) is 0 Å². The summed E-state index contributed by atoms with van der Waals surface area (Å²) >= 11 is 0. The van der Waals surface area contributed by atoms with Crippen LogP contribution in [0.2, 0.25) is 0 Å². The van der Waals surface area contributed by atoms with Crippen LogP contribution < -0.4 is 0 Å². The van der Waals surface area contributed by atoms with E-state index in [1.165, 1.54) is 0 Å². The van der Waals surface area contributed by atoms with Crippen molar-refractivity contribution in [2.24, 2.45) is 0 Å². The van der Waals surface area contributed by atoms with Crippen molar-refractivity contribution < 1.29 is 22.2 Å². The fraction of sp³-hybridized carbons (Fsp3) is 0.400. The van der Waals surface area contributed by atoms with Gasteiger partial charge in [-0.05, 0) is 13.0 Å². The van der Waals surface area contributed by atoms with Gasteiger partial charge in [-0.3, -0.25) is 9.35 Å². The van der Waals surface area contributed by atoms with Gasteiger partial charge in [0, 0.05) is 0 Å². The second kappa shape index (κ2) is 2.71. The molecule has 6 heteroatoms. The summed E-state index contributed by atoms with van der Waals surface area (Å²) in [5.74, 6) is -1.39. The Bertz CT molecular complexity index is 277. The quantitative estimate of drug-likeness (QED) is 0.503. The highest BCUT2D eigenvalue weighted by Crippen LogP contribution is 2.18. The lowest BCUT2D eigenvalue weighted by molar-refractivity contribution is -0.120. The predicted molar refractivity (Wildman–Crippen MR) is 36.3 cm³/mol. The maximum Gasteiger partial charge on any atom is 0.308 e. The van der Waals surface area contributed by atoms with Gasteiger partial charge in [0.1, 0.15) is 0 Å². The van der Waals surface area contributed by atoms with Crippen molar-refractivity contribution >= 4 is 15.9 Å². The molecule has 64 valence electrons. The fourth-order valence-electron chi connectivity index (χ4n) is 0.309. The largest absolute Gasteiger partial charge is 0.308 e. The number of rotatable bonds is 3. The van der Waals surface area contributed by atoms with Crippen molar-refractivity contribution in [3.05, 3.63) is 12.7 Å². The monoisotopic (exact) mass is 182 g/mol. The van der Waals surface area contributed by atoms with Crippen molar-refractivity contribution in [1.82, 2.24) is 0 Å². The predicted octanol–water partition coefficient (Wildman–Crippen LogP) is 0.315. The molecule has 0 aromatic rings. The number of alkyl halides is 1. The van der Waals surface area contributed by atoms with Gasteiger partial charge < -0.3 is 0 Å². The molecule has 0 aliphatic carbocycles. The van der Waals surface area contributed by atoms with Crippen molar-refractivity contribution in [1.29, 1.82) is 0 Å². The Labute approximate surface area is 63.5 Å². The standard InChI is InChI=1S/C5H7FO4S/c1-3-4(7)5(2,6)11(8,9)10/h3H,1H2,2H3,(H,8,9,10). The lowest BCUT2D eigenvalue weighted by Gasteiger charge is -2.11. The zero-order valence-corrected chi connectivity index (χ0v) is 6.56. The summed E-state index contributed by atoms with van der Waals surface area (Å²) in [6, 6.07) is 0. The molecule has 0 amide bonds. The third-order valence-electron chi connectivity index (χ3n) is 1.11. The summed E-state index contributed by atoms with van der Waals surface area (Å²) in [5, 5.41) is -3.28. The minimum atomic E-state index is -5.00. The van der Waals surface area contributed by atoms with Crippen LogP contribution in [-0.4, -0.2) is 23.8 Å². The molecule has 0 bridgehead atoms. The molecule has 0 heterocycles. The molecule has 1 atom stereocenters. The van der Waals surface area contributed by atoms with Gasteiger partial charge in [-0.15, -0.1) is 0 Å². The minimum absolute atomic E-state index is 0.451. The molecule has 0 aromatic heterocycles. The molecule has 0 fully saturated rings. The van der Waals surface area contributed by atoms with Gasteiger partial charge in [0.2, 0.25) is 5.78 Å². The number of allylic oxidation sites excluding steroid dienone is 1. The third-order valence-corrected chi connectivity index (χ3v) is 2.28. The summed E-state index contributed by atoms with van der Waals surface area (Å²) in [6.07, 6.45) is 0.494. The second-order valence-corrected chi connectivity index (χ2v) is 3.68. The fourth-order valence-corrected chi connectivity index (χ4v) is 0.647. The third kappa shape index (κ3) is 1.84. The van der Waals surface area contributed by atoms with E-state index in [9.17, 15) is 17.6 Å². The smallest absolute Gasteiger partial charge is 0.290 e. The molecule has 1 N–H and O–H groups in total. The summed E-state index contributed by atoms with van der Waals surface area (Å²) in [5.41, 5.74) is 0. The first-order chi connectivity index (χ1) is 4.73. The number of carbonyl (C=O) groups is 1. The van der Waals surface area contributed by atoms with Gasteiger partial charge in [0.05, 0.1) is 0 Å². The highest BCUT2D eigenvalue weighted by Gasteiger charge is 2.44. The molecule has 1 unspecified atom stereocenters. The van der Waals surface area contributed by atoms with Crippen molar-refractivity contribution in [2.75, 3.05) is 0 Å². The SMILES string of the molecule is C=CC(=O)C(C)(F)S(=O)(=O)O. The molecule has 0 aliphatic heterocycles. The van der Waals surface area contributed by atoms with E-state index >= 15 is 0 Å². The highest BCUT2D eigenvalue weighted by atomic mass is 32.2. The molecule has 0 spiro atoms. The molecular formula is C5H7FO4S. The number of hydrogen-bond acceptors (Lipinski definition) is 3. The Morgan fingerprint density at radius 3 is 2.18 bits per heavy atom. The van der Waals surface area contributed by atoms with Crippen LogP contribution in [0.15, 0.2) is 12.7 Å². The van der Waals surface area contributed by atoms with E-state index in [2.05, 4.69) is 6.58 Å². The van der Waals surface area contributed by atoms with E-state index in [0.717, 1.165) is 0 Å². The van der Waals surface area contributed by atoms with Crippen LogP contribution in [0.1, 0.15) is 6.92 Å². The van der Waals surface area contributed by atoms with Gasteiger partial charge >= 0.3 is 10.1 Å².